The predicted octanol–water partition coefficient (Wildman–Crippen LogP) is 3.88. The molecule has 2 aliphatic rings. The van der Waals surface area contributed by atoms with Crippen molar-refractivity contribution in [2.45, 2.75) is 58.0 Å². The molecule has 2 nitrogen and oxygen atoms in total. The zero-order valence-corrected chi connectivity index (χ0v) is 13.6. The molecule has 0 unspecified atom stereocenters. The molecule has 3 heteroatoms. The summed E-state index contributed by atoms with van der Waals surface area (Å²) < 4.78 is 0. The summed E-state index contributed by atoms with van der Waals surface area (Å²) in [6.45, 7) is 7.15. The first-order valence-electron chi connectivity index (χ1n) is 8.28. The monoisotopic (exact) mass is 292 g/mol. The Kier molecular flexibility index (Phi) is 4.79. The Morgan fingerprint density at radius 2 is 2.15 bits per heavy atom. The van der Waals surface area contributed by atoms with Crippen LogP contribution in [0.4, 0.5) is 0 Å². The molecule has 0 spiro atoms. The Morgan fingerprint density at radius 3 is 2.75 bits per heavy atom. The van der Waals surface area contributed by atoms with E-state index in [1.807, 2.05) is 11.3 Å². The molecule has 0 saturated heterocycles. The van der Waals surface area contributed by atoms with E-state index in [9.17, 15) is 0 Å². The van der Waals surface area contributed by atoms with Crippen molar-refractivity contribution in [1.29, 1.82) is 0 Å². The summed E-state index contributed by atoms with van der Waals surface area (Å²) in [6.07, 6.45) is 8.53. The number of thiophene rings is 1. The fourth-order valence-electron chi connectivity index (χ4n) is 3.54. The Hall–Kier alpha value is -0.380. The Balaban J connectivity index is 1.58. The van der Waals surface area contributed by atoms with Crippen LogP contribution in [0, 0.1) is 5.41 Å². The summed E-state index contributed by atoms with van der Waals surface area (Å²) in [6, 6.07) is 5.30. The summed E-state index contributed by atoms with van der Waals surface area (Å²) in [5.74, 6) is 0. The fourth-order valence-corrected chi connectivity index (χ4v) is 4.29. The Morgan fingerprint density at radius 1 is 1.35 bits per heavy atom. The highest BCUT2D eigenvalue weighted by Gasteiger charge is 2.36. The summed E-state index contributed by atoms with van der Waals surface area (Å²) in [5, 5.41) is 6.00. The summed E-state index contributed by atoms with van der Waals surface area (Å²) >= 11 is 1.89. The van der Waals surface area contributed by atoms with Crippen molar-refractivity contribution in [3.63, 3.8) is 0 Å². The number of hydrogen-bond acceptors (Lipinski definition) is 3. The van der Waals surface area contributed by atoms with Gasteiger partial charge in [-0.2, -0.15) is 0 Å². The van der Waals surface area contributed by atoms with Crippen LogP contribution in [0.25, 0.3) is 0 Å². The van der Waals surface area contributed by atoms with Gasteiger partial charge in [0.1, 0.15) is 0 Å². The molecule has 3 rings (SSSR count). The second-order valence-electron chi connectivity index (χ2n) is 6.74. The van der Waals surface area contributed by atoms with Gasteiger partial charge in [-0.1, -0.05) is 25.8 Å². The van der Waals surface area contributed by atoms with E-state index in [4.69, 9.17) is 0 Å². The molecule has 1 heterocycles. The van der Waals surface area contributed by atoms with Crippen molar-refractivity contribution in [1.82, 2.24) is 10.2 Å². The van der Waals surface area contributed by atoms with Crippen LogP contribution in [-0.4, -0.2) is 30.6 Å². The zero-order valence-electron chi connectivity index (χ0n) is 12.7. The van der Waals surface area contributed by atoms with Gasteiger partial charge in [0.2, 0.25) is 0 Å². The van der Waals surface area contributed by atoms with E-state index in [1.165, 1.54) is 63.0 Å². The van der Waals surface area contributed by atoms with Gasteiger partial charge in [0.25, 0.3) is 0 Å². The predicted molar refractivity (Wildman–Crippen MR) is 87.2 cm³/mol. The van der Waals surface area contributed by atoms with Gasteiger partial charge in [-0.3, -0.25) is 4.90 Å². The lowest BCUT2D eigenvalue weighted by atomic mass is 9.85. The lowest BCUT2D eigenvalue weighted by Crippen LogP contribution is -2.42. The van der Waals surface area contributed by atoms with Crippen molar-refractivity contribution >= 4 is 11.3 Å². The molecule has 0 aliphatic heterocycles. The summed E-state index contributed by atoms with van der Waals surface area (Å²) in [4.78, 5) is 4.17. The fraction of sp³-hybridized carbons (Fsp3) is 0.765. The van der Waals surface area contributed by atoms with Gasteiger partial charge in [-0.15, -0.1) is 11.3 Å². The van der Waals surface area contributed by atoms with Gasteiger partial charge in [-0.25, -0.2) is 0 Å². The quantitative estimate of drug-likeness (QED) is 0.782. The van der Waals surface area contributed by atoms with Crippen LogP contribution in [0.5, 0.6) is 0 Å². The van der Waals surface area contributed by atoms with Crippen molar-refractivity contribution in [2.75, 3.05) is 19.6 Å². The average Bonchev–Trinajstić information content (AvgIpc) is 2.96. The molecule has 1 aromatic heterocycles. The van der Waals surface area contributed by atoms with Crippen molar-refractivity contribution in [3.05, 3.63) is 22.4 Å². The molecular weight excluding hydrogens is 264 g/mol. The van der Waals surface area contributed by atoms with Crippen molar-refractivity contribution in [2.24, 2.45) is 5.41 Å². The standard InChI is InChI=1S/C17H28N2S/c1-2-19(12-16-6-5-11-20-16)14-17(9-3-4-10-17)13-18-15-7-8-15/h5-6,11,15,18H,2-4,7-10,12-14H2,1H3. The first-order valence-corrected chi connectivity index (χ1v) is 9.16. The van der Waals surface area contributed by atoms with Crippen LogP contribution in [0.3, 0.4) is 0 Å². The van der Waals surface area contributed by atoms with E-state index >= 15 is 0 Å². The molecule has 0 amide bonds. The van der Waals surface area contributed by atoms with E-state index in [1.54, 1.807) is 0 Å². The van der Waals surface area contributed by atoms with Gasteiger partial charge in [0.05, 0.1) is 0 Å². The van der Waals surface area contributed by atoms with Crippen LogP contribution < -0.4 is 5.32 Å². The molecule has 0 aromatic carbocycles. The molecule has 2 fully saturated rings. The van der Waals surface area contributed by atoms with Crippen LogP contribution in [0.2, 0.25) is 0 Å². The van der Waals surface area contributed by atoms with E-state index in [0.717, 1.165) is 12.6 Å². The highest BCUT2D eigenvalue weighted by Crippen LogP contribution is 2.39. The maximum absolute atomic E-state index is 3.80. The van der Waals surface area contributed by atoms with Crippen molar-refractivity contribution in [3.8, 4) is 0 Å². The topological polar surface area (TPSA) is 15.3 Å². The van der Waals surface area contributed by atoms with E-state index in [0.29, 0.717) is 5.41 Å². The first-order chi connectivity index (χ1) is 9.80. The summed E-state index contributed by atoms with van der Waals surface area (Å²) in [5.41, 5.74) is 0.551. The molecule has 2 aliphatic carbocycles. The highest BCUT2D eigenvalue weighted by atomic mass is 32.1. The third-order valence-electron chi connectivity index (χ3n) is 4.97. The maximum atomic E-state index is 3.80. The lowest BCUT2D eigenvalue weighted by molar-refractivity contribution is 0.148. The van der Waals surface area contributed by atoms with E-state index < -0.39 is 0 Å². The largest absolute Gasteiger partial charge is 0.313 e. The number of nitrogens with one attached hydrogen (secondary N) is 1. The van der Waals surface area contributed by atoms with Crippen LogP contribution >= 0.6 is 11.3 Å². The lowest BCUT2D eigenvalue weighted by Gasteiger charge is -2.35. The SMILES string of the molecule is CCN(Cc1cccs1)CC1(CNC2CC2)CCCC1. The van der Waals surface area contributed by atoms with Gasteiger partial charge in [0.15, 0.2) is 0 Å². The maximum Gasteiger partial charge on any atom is 0.0328 e. The Bertz CT molecular complexity index is 391. The second kappa shape index (κ2) is 6.59. The van der Waals surface area contributed by atoms with E-state index in [2.05, 4.69) is 34.7 Å². The molecule has 20 heavy (non-hydrogen) atoms. The van der Waals surface area contributed by atoms with Crippen LogP contribution in [0.15, 0.2) is 17.5 Å². The first kappa shape index (κ1) is 14.6. The van der Waals surface area contributed by atoms with Crippen molar-refractivity contribution < 1.29 is 0 Å². The third-order valence-corrected chi connectivity index (χ3v) is 5.83. The molecule has 1 aromatic rings. The minimum atomic E-state index is 0.551. The van der Waals surface area contributed by atoms with Gasteiger partial charge in [0, 0.05) is 30.6 Å². The minimum absolute atomic E-state index is 0.551. The zero-order chi connectivity index (χ0) is 13.8. The molecular formula is C17H28N2S. The summed E-state index contributed by atoms with van der Waals surface area (Å²) in [7, 11) is 0. The molecule has 0 bridgehead atoms. The number of rotatable bonds is 8. The highest BCUT2D eigenvalue weighted by molar-refractivity contribution is 7.09. The molecule has 1 N–H and O–H groups in total. The average molecular weight is 292 g/mol. The van der Waals surface area contributed by atoms with Gasteiger partial charge < -0.3 is 5.32 Å². The molecule has 2 saturated carbocycles. The Labute approximate surface area is 127 Å². The smallest absolute Gasteiger partial charge is 0.0328 e. The van der Waals surface area contributed by atoms with Gasteiger partial charge >= 0.3 is 0 Å². The molecule has 112 valence electrons. The molecule has 0 atom stereocenters. The van der Waals surface area contributed by atoms with Crippen LogP contribution in [-0.2, 0) is 6.54 Å². The van der Waals surface area contributed by atoms with Crippen LogP contribution in [0.1, 0.15) is 50.3 Å². The normalized spacial score (nSPS) is 21.7. The molecule has 0 radical (unpaired) electrons. The van der Waals surface area contributed by atoms with Gasteiger partial charge in [-0.05, 0) is 49.1 Å². The van der Waals surface area contributed by atoms with E-state index in [-0.39, 0.29) is 0 Å². The third kappa shape index (κ3) is 3.84. The minimum Gasteiger partial charge on any atom is -0.313 e. The number of nitrogens with zero attached hydrogens (tertiary/aromatic N) is 1. The number of hydrogen-bond donors (Lipinski definition) is 1. The second-order valence-corrected chi connectivity index (χ2v) is 7.78.